The van der Waals surface area contributed by atoms with Crippen LogP contribution >= 0.6 is 27.5 Å². The molecule has 4 nitrogen and oxygen atoms in total. The van der Waals surface area contributed by atoms with Gasteiger partial charge in [0.1, 0.15) is 0 Å². The Morgan fingerprint density at radius 1 is 1.15 bits per heavy atom. The van der Waals surface area contributed by atoms with E-state index in [1.807, 2.05) is 0 Å². The minimum absolute atomic E-state index is 0.0858. The van der Waals surface area contributed by atoms with Crippen molar-refractivity contribution in [2.45, 2.75) is 25.0 Å². The number of anilines is 1. The summed E-state index contributed by atoms with van der Waals surface area (Å²) in [5, 5.41) is 0.486. The Labute approximate surface area is 129 Å². The van der Waals surface area contributed by atoms with Crippen molar-refractivity contribution in [3.63, 3.8) is 0 Å². The minimum Gasteiger partial charge on any atom is -0.373 e. The summed E-state index contributed by atoms with van der Waals surface area (Å²) in [6.07, 6.45) is 1.58. The van der Waals surface area contributed by atoms with Crippen molar-refractivity contribution < 1.29 is 14.3 Å². The molecule has 4 atom stereocenters. The second-order valence-corrected chi connectivity index (χ2v) is 6.71. The number of hydrogen-bond acceptors (Lipinski definition) is 3. The van der Waals surface area contributed by atoms with Crippen LogP contribution in [0.5, 0.6) is 0 Å². The van der Waals surface area contributed by atoms with Crippen LogP contribution in [0.2, 0.25) is 5.02 Å². The molecule has 0 aromatic heterocycles. The lowest BCUT2D eigenvalue weighted by Crippen LogP contribution is -2.34. The van der Waals surface area contributed by atoms with Gasteiger partial charge in [-0.15, -0.1) is 0 Å². The highest BCUT2D eigenvalue weighted by molar-refractivity contribution is 9.10. The van der Waals surface area contributed by atoms with Gasteiger partial charge < -0.3 is 4.74 Å². The number of nitrogens with zero attached hydrogens (tertiary/aromatic N) is 1. The molecule has 0 N–H and O–H groups in total. The van der Waals surface area contributed by atoms with Crippen molar-refractivity contribution in [3.05, 3.63) is 27.7 Å². The third kappa shape index (κ3) is 1.57. The van der Waals surface area contributed by atoms with Crippen LogP contribution in [-0.4, -0.2) is 24.0 Å². The van der Waals surface area contributed by atoms with Crippen LogP contribution in [0.1, 0.15) is 12.8 Å². The Morgan fingerprint density at radius 2 is 1.75 bits per heavy atom. The maximum absolute atomic E-state index is 12.6. The number of halogens is 2. The van der Waals surface area contributed by atoms with Gasteiger partial charge >= 0.3 is 0 Å². The molecule has 2 bridgehead atoms. The normalized spacial score (nSPS) is 35.0. The number of ether oxygens (including phenoxy) is 1. The molecule has 3 saturated heterocycles. The number of imide groups is 1. The summed E-state index contributed by atoms with van der Waals surface area (Å²) in [6.45, 7) is 0. The van der Waals surface area contributed by atoms with E-state index < -0.39 is 0 Å². The first-order valence-corrected chi connectivity index (χ1v) is 7.73. The van der Waals surface area contributed by atoms with E-state index in [2.05, 4.69) is 15.9 Å². The highest BCUT2D eigenvalue weighted by Gasteiger charge is 2.62. The van der Waals surface area contributed by atoms with Crippen LogP contribution in [0.3, 0.4) is 0 Å². The SMILES string of the molecule is O=C1C2C3CCC(O3)C2C(=O)N1c1ccc(Br)c(Cl)c1. The van der Waals surface area contributed by atoms with Crippen LogP contribution in [0.15, 0.2) is 22.7 Å². The van der Waals surface area contributed by atoms with Crippen LogP contribution in [0, 0.1) is 11.8 Å². The predicted octanol–water partition coefficient (Wildman–Crippen LogP) is 2.77. The number of benzene rings is 1. The van der Waals surface area contributed by atoms with Crippen molar-refractivity contribution in [2.75, 3.05) is 4.90 Å². The molecule has 3 fully saturated rings. The topological polar surface area (TPSA) is 46.6 Å². The molecule has 0 aliphatic carbocycles. The van der Waals surface area contributed by atoms with Gasteiger partial charge in [0, 0.05) is 4.47 Å². The van der Waals surface area contributed by atoms with Crippen molar-refractivity contribution in [2.24, 2.45) is 11.8 Å². The van der Waals surface area contributed by atoms with E-state index in [9.17, 15) is 9.59 Å². The highest BCUT2D eigenvalue weighted by Crippen LogP contribution is 2.49. The maximum atomic E-state index is 12.6. The van der Waals surface area contributed by atoms with Gasteiger partial charge in [0.05, 0.1) is 34.8 Å². The van der Waals surface area contributed by atoms with Crippen LogP contribution in [0.25, 0.3) is 0 Å². The third-order valence-electron chi connectivity index (χ3n) is 4.45. The molecule has 104 valence electrons. The van der Waals surface area contributed by atoms with Gasteiger partial charge in [0.2, 0.25) is 11.8 Å². The van der Waals surface area contributed by atoms with E-state index in [1.54, 1.807) is 18.2 Å². The molecule has 4 unspecified atom stereocenters. The summed E-state index contributed by atoms with van der Waals surface area (Å²) < 4.78 is 6.45. The molecular weight excluding hydrogens is 346 g/mol. The lowest BCUT2D eigenvalue weighted by atomic mass is 9.81. The number of carbonyl (C=O) groups excluding carboxylic acids is 2. The van der Waals surface area contributed by atoms with E-state index in [0.717, 1.165) is 17.3 Å². The second-order valence-electron chi connectivity index (χ2n) is 5.45. The molecule has 0 radical (unpaired) electrons. The molecule has 3 heterocycles. The van der Waals surface area contributed by atoms with Gasteiger partial charge in [-0.25, -0.2) is 4.90 Å². The zero-order valence-corrected chi connectivity index (χ0v) is 12.7. The summed E-state index contributed by atoms with van der Waals surface area (Å²) in [7, 11) is 0. The largest absolute Gasteiger partial charge is 0.373 e. The Bertz CT molecular complexity index is 607. The fourth-order valence-corrected chi connectivity index (χ4v) is 4.01. The Morgan fingerprint density at radius 3 is 2.30 bits per heavy atom. The van der Waals surface area contributed by atoms with E-state index in [4.69, 9.17) is 16.3 Å². The van der Waals surface area contributed by atoms with Gasteiger partial charge in [0.15, 0.2) is 0 Å². The summed E-state index contributed by atoms with van der Waals surface area (Å²) in [5.41, 5.74) is 0.544. The van der Waals surface area contributed by atoms with Crippen LogP contribution < -0.4 is 4.90 Å². The number of hydrogen-bond donors (Lipinski definition) is 0. The Balaban J connectivity index is 1.74. The summed E-state index contributed by atoms with van der Waals surface area (Å²) in [4.78, 5) is 26.4. The van der Waals surface area contributed by atoms with Gasteiger partial charge in [-0.2, -0.15) is 0 Å². The number of carbonyl (C=O) groups is 2. The summed E-state index contributed by atoms with van der Waals surface area (Å²) in [5.74, 6) is -0.900. The van der Waals surface area contributed by atoms with E-state index in [1.165, 1.54) is 4.90 Å². The van der Waals surface area contributed by atoms with E-state index >= 15 is 0 Å². The monoisotopic (exact) mass is 355 g/mol. The van der Waals surface area contributed by atoms with Gasteiger partial charge in [-0.05, 0) is 47.0 Å². The second kappa shape index (κ2) is 4.29. The highest BCUT2D eigenvalue weighted by atomic mass is 79.9. The molecule has 0 saturated carbocycles. The molecule has 2 amide bonds. The van der Waals surface area contributed by atoms with Gasteiger partial charge in [-0.1, -0.05) is 11.6 Å². The molecule has 3 aliphatic rings. The van der Waals surface area contributed by atoms with Crippen molar-refractivity contribution in [1.29, 1.82) is 0 Å². The Kier molecular flexibility index (Phi) is 2.75. The zero-order chi connectivity index (χ0) is 14.0. The fourth-order valence-electron chi connectivity index (χ4n) is 3.59. The number of amides is 2. The van der Waals surface area contributed by atoms with E-state index in [0.29, 0.717) is 10.7 Å². The maximum Gasteiger partial charge on any atom is 0.240 e. The summed E-state index contributed by atoms with van der Waals surface area (Å²) in [6, 6.07) is 5.12. The molecule has 3 aliphatic heterocycles. The first kappa shape index (κ1) is 12.8. The molecule has 1 aromatic rings. The smallest absolute Gasteiger partial charge is 0.240 e. The van der Waals surface area contributed by atoms with Crippen molar-refractivity contribution >= 4 is 45.0 Å². The molecule has 20 heavy (non-hydrogen) atoms. The molecule has 4 rings (SSSR count). The fraction of sp³-hybridized carbons (Fsp3) is 0.429. The minimum atomic E-state index is -0.302. The molecule has 1 aromatic carbocycles. The van der Waals surface area contributed by atoms with Crippen LogP contribution in [0.4, 0.5) is 5.69 Å². The van der Waals surface area contributed by atoms with Crippen molar-refractivity contribution in [3.8, 4) is 0 Å². The first-order valence-electron chi connectivity index (χ1n) is 6.56. The van der Waals surface area contributed by atoms with Gasteiger partial charge in [-0.3, -0.25) is 9.59 Å². The molecule has 0 spiro atoms. The van der Waals surface area contributed by atoms with Crippen LogP contribution in [-0.2, 0) is 14.3 Å². The number of fused-ring (bicyclic) bond motifs is 5. The predicted molar refractivity (Wildman–Crippen MR) is 76.5 cm³/mol. The summed E-state index contributed by atoms with van der Waals surface area (Å²) >= 11 is 9.36. The molecular formula is C14H11BrClNO3. The lowest BCUT2D eigenvalue weighted by Gasteiger charge is -2.17. The quantitative estimate of drug-likeness (QED) is 0.727. The van der Waals surface area contributed by atoms with Crippen molar-refractivity contribution in [1.82, 2.24) is 0 Å². The standard InChI is InChI=1S/C14H11BrClNO3/c15-7-2-1-6(5-8(7)16)17-13(18)11-9-3-4-10(20-9)12(11)14(17)19/h1-2,5,9-12H,3-4H2. The molecule has 6 heteroatoms. The average Bonchev–Trinajstić information content (AvgIpc) is 3.08. The number of rotatable bonds is 1. The van der Waals surface area contributed by atoms with E-state index in [-0.39, 0.29) is 35.9 Å². The lowest BCUT2D eigenvalue weighted by molar-refractivity contribution is -0.124. The Hall–Kier alpha value is -0.910. The average molecular weight is 357 g/mol. The zero-order valence-electron chi connectivity index (χ0n) is 10.4. The van der Waals surface area contributed by atoms with Gasteiger partial charge in [0.25, 0.3) is 0 Å². The first-order chi connectivity index (χ1) is 9.58. The third-order valence-corrected chi connectivity index (χ3v) is 5.68.